The summed E-state index contributed by atoms with van der Waals surface area (Å²) in [6.07, 6.45) is 17.7. The summed E-state index contributed by atoms with van der Waals surface area (Å²) in [5.41, 5.74) is 27.1. The molecule has 478 valence electrons. The van der Waals surface area contributed by atoms with E-state index in [0.29, 0.717) is 0 Å². The minimum atomic E-state index is -0.145. The molecule has 0 amide bonds. The lowest BCUT2D eigenvalue weighted by molar-refractivity contribution is 0.309. The number of benzene rings is 5. The van der Waals surface area contributed by atoms with Crippen molar-refractivity contribution in [3.8, 4) is 0 Å². The number of hydrogen-bond donors (Lipinski definition) is 0. The summed E-state index contributed by atoms with van der Waals surface area (Å²) >= 11 is 0. The molecule has 16 rings (SSSR count). The molecule has 11 heterocycles. The summed E-state index contributed by atoms with van der Waals surface area (Å²) < 4.78 is 23.7. The van der Waals surface area contributed by atoms with E-state index in [1.54, 1.807) is 24.5 Å². The number of nitrogens with zero attached hydrogens (tertiary/aromatic N) is 12. The first-order valence-electron chi connectivity index (χ1n) is 33.7. The van der Waals surface area contributed by atoms with E-state index in [4.69, 9.17) is 0 Å². The molecule has 93 heavy (non-hydrogen) atoms. The second-order valence-electron chi connectivity index (χ2n) is 26.8. The minimum Gasteiger partial charge on any atom is -0.344 e. The molecule has 0 radical (unpaired) electrons. The normalized spacial score (nSPS) is 15.0. The molecule has 7 aromatic heterocycles. The summed E-state index contributed by atoms with van der Waals surface area (Å²) in [5.74, 6) is -0.145. The third kappa shape index (κ3) is 14.2. The van der Waals surface area contributed by atoms with Gasteiger partial charge in [-0.3, -0.25) is 19.9 Å². The average Bonchev–Trinajstić information content (AvgIpc) is 1.64. The van der Waals surface area contributed by atoms with Crippen LogP contribution in [0.5, 0.6) is 0 Å². The maximum absolute atomic E-state index is 13.7. The minimum absolute atomic E-state index is 0.145. The zero-order valence-electron chi connectivity index (χ0n) is 56.0. The van der Waals surface area contributed by atoms with Gasteiger partial charge in [-0.2, -0.15) is 0 Å². The largest absolute Gasteiger partial charge is 0.344 e. The second-order valence-corrected chi connectivity index (χ2v) is 26.8. The summed E-state index contributed by atoms with van der Waals surface area (Å²) in [6, 6.07) is 46.9. The van der Waals surface area contributed by atoms with Crippen LogP contribution in [0.2, 0.25) is 0 Å². The average molecular weight is 1240 g/mol. The molecular weight excluding hydrogens is 1150 g/mol. The molecule has 0 saturated heterocycles. The lowest BCUT2D eigenvalue weighted by atomic mass is 10.0. The maximum Gasteiger partial charge on any atom is 0.123 e. The number of aryl methyl sites for hydroxylation is 12. The SMILES string of the molecule is CN1CCc2c(c3cc(F)ccc3n2CCc2ccccc2)C1.Cc1ccc2c(c1)c1c(n2CCc2ccc(C)nc2)CCN(C)C1.Cc1ccc2c(c1)c1c(n2CCc2ccccn2)CCN(C)C1.Cc1ccc2c(c1)c1c(n2CCc2cnccn2)CCN(C)C1. The van der Waals surface area contributed by atoms with Gasteiger partial charge in [0.2, 0.25) is 0 Å². The van der Waals surface area contributed by atoms with E-state index in [-0.39, 0.29) is 5.82 Å². The highest BCUT2D eigenvalue weighted by Gasteiger charge is 2.27. The third-order valence-electron chi connectivity index (χ3n) is 19.8. The predicted molar refractivity (Wildman–Crippen MR) is 379 cm³/mol. The first-order valence-corrected chi connectivity index (χ1v) is 33.7. The van der Waals surface area contributed by atoms with Gasteiger partial charge in [0.15, 0.2) is 0 Å². The van der Waals surface area contributed by atoms with Crippen molar-refractivity contribution in [1.29, 1.82) is 0 Å². The molecule has 12 aromatic rings. The van der Waals surface area contributed by atoms with Gasteiger partial charge in [0.1, 0.15) is 5.82 Å². The molecule has 4 aliphatic heterocycles. The molecular formula is C80H91FN12. The number of likely N-dealkylation sites (N-methyl/N-ethyl adjacent to an activating group) is 4. The lowest BCUT2D eigenvalue weighted by Crippen LogP contribution is -2.27. The summed E-state index contributed by atoms with van der Waals surface area (Å²) in [5, 5.41) is 5.39. The molecule has 0 fully saturated rings. The third-order valence-corrected chi connectivity index (χ3v) is 19.8. The molecule has 0 N–H and O–H groups in total. The van der Waals surface area contributed by atoms with Gasteiger partial charge in [-0.15, -0.1) is 0 Å². The smallest absolute Gasteiger partial charge is 0.123 e. The molecule has 13 heteroatoms. The van der Waals surface area contributed by atoms with E-state index in [1.165, 1.54) is 117 Å². The molecule has 0 unspecified atom stereocenters. The van der Waals surface area contributed by atoms with Crippen molar-refractivity contribution in [1.82, 2.24) is 57.8 Å². The molecule has 4 aliphatic rings. The number of halogens is 1. The van der Waals surface area contributed by atoms with Gasteiger partial charge in [0.25, 0.3) is 0 Å². The quantitative estimate of drug-likeness (QED) is 0.120. The fourth-order valence-electron chi connectivity index (χ4n) is 14.9. The number of hydrogen-bond acceptors (Lipinski definition) is 8. The lowest BCUT2D eigenvalue weighted by Gasteiger charge is -2.24. The van der Waals surface area contributed by atoms with Crippen molar-refractivity contribution < 1.29 is 4.39 Å². The number of pyridine rings is 2. The van der Waals surface area contributed by atoms with Gasteiger partial charge in [-0.1, -0.05) is 77.4 Å². The van der Waals surface area contributed by atoms with Crippen LogP contribution in [0.1, 0.15) is 89.9 Å². The second kappa shape index (κ2) is 28.3. The molecule has 0 aliphatic carbocycles. The molecule has 0 bridgehead atoms. The predicted octanol–water partition coefficient (Wildman–Crippen LogP) is 14.4. The number of aromatic nitrogens is 8. The van der Waals surface area contributed by atoms with Crippen LogP contribution in [0, 0.1) is 33.5 Å². The van der Waals surface area contributed by atoms with E-state index < -0.39 is 0 Å². The van der Waals surface area contributed by atoms with Gasteiger partial charge in [-0.05, 0) is 175 Å². The van der Waals surface area contributed by atoms with Crippen LogP contribution in [-0.4, -0.2) is 112 Å². The van der Waals surface area contributed by atoms with Gasteiger partial charge < -0.3 is 37.9 Å². The van der Waals surface area contributed by atoms with Crippen molar-refractivity contribution in [2.75, 3.05) is 54.4 Å². The van der Waals surface area contributed by atoms with Gasteiger partial charge >= 0.3 is 0 Å². The Morgan fingerprint density at radius 3 is 1.22 bits per heavy atom. The fraction of sp³-hybridized carbons (Fsp3) is 0.350. The zero-order chi connectivity index (χ0) is 64.1. The van der Waals surface area contributed by atoms with Gasteiger partial charge in [0.05, 0.1) is 5.69 Å². The highest BCUT2D eigenvalue weighted by atomic mass is 19.1. The van der Waals surface area contributed by atoms with Crippen LogP contribution in [0.3, 0.4) is 0 Å². The van der Waals surface area contributed by atoms with Crippen LogP contribution in [0.4, 0.5) is 4.39 Å². The molecule has 0 saturated carbocycles. The Bertz CT molecular complexity index is 4200. The Hall–Kier alpha value is -8.59. The number of rotatable bonds is 12. The van der Waals surface area contributed by atoms with Crippen LogP contribution in [0.25, 0.3) is 43.6 Å². The molecule has 12 nitrogen and oxygen atoms in total. The fourth-order valence-corrected chi connectivity index (χ4v) is 14.9. The molecule has 5 aromatic carbocycles. The highest BCUT2D eigenvalue weighted by Crippen LogP contribution is 2.36. The Kier molecular flexibility index (Phi) is 19.2. The maximum atomic E-state index is 13.7. The van der Waals surface area contributed by atoms with Crippen molar-refractivity contribution in [2.24, 2.45) is 0 Å². The Balaban J connectivity index is 0.000000113. The highest BCUT2D eigenvalue weighted by molar-refractivity contribution is 5.89. The summed E-state index contributed by atoms with van der Waals surface area (Å²) in [6.45, 7) is 21.1. The van der Waals surface area contributed by atoms with E-state index in [1.807, 2.05) is 37.6 Å². The Morgan fingerprint density at radius 1 is 0.366 bits per heavy atom. The summed E-state index contributed by atoms with van der Waals surface area (Å²) in [4.78, 5) is 27.1. The molecule has 0 atom stereocenters. The Labute approximate surface area is 549 Å². The van der Waals surface area contributed by atoms with E-state index in [9.17, 15) is 4.39 Å². The zero-order valence-corrected chi connectivity index (χ0v) is 56.0. The van der Waals surface area contributed by atoms with Crippen molar-refractivity contribution in [2.45, 2.75) is 131 Å². The van der Waals surface area contributed by atoms with Crippen LogP contribution in [-0.2, 0) is 104 Å². The monoisotopic (exact) mass is 1240 g/mol. The van der Waals surface area contributed by atoms with Crippen LogP contribution < -0.4 is 0 Å². The van der Waals surface area contributed by atoms with Crippen LogP contribution in [0.15, 0.2) is 164 Å². The standard InChI is InChI=1S/C21H25N3.C20H21FN2.C20H23N3.C19H22N4/c1-15-4-7-20-18(12-15)19-14-23(3)10-9-21(19)24(20)11-8-17-6-5-16(2)22-13-17;1-22-11-10-20-18(14-22)17-13-16(21)7-8-19(17)23(20)12-9-15-5-3-2-4-6-15;1-15-6-7-19-17(13-15)18-14-22(2)11-9-20(18)23(19)12-8-16-5-3-4-10-21-16;1-14-3-4-18-16(11-14)17-13-22(2)9-6-19(17)23(18)10-5-15-12-20-7-8-21-15/h4-7,12-13H,8-11,14H2,1-3H3;2-8,13H,9-12,14H2,1H3;3-7,10,13H,8-9,11-12,14H2,1-2H3;3-4,7-8,11-12H,5-6,9-10,13H2,1-2H3. The van der Waals surface area contributed by atoms with Crippen LogP contribution >= 0.6 is 0 Å². The molecule has 0 spiro atoms. The van der Waals surface area contributed by atoms with Crippen molar-refractivity contribution >= 4 is 43.6 Å². The topological polar surface area (TPSA) is 84.2 Å². The van der Waals surface area contributed by atoms with E-state index in [2.05, 4.69) is 216 Å². The first kappa shape index (κ1) is 63.2. The van der Waals surface area contributed by atoms with Gasteiger partial charge in [-0.25, -0.2) is 4.39 Å². The summed E-state index contributed by atoms with van der Waals surface area (Å²) in [7, 11) is 8.78. The Morgan fingerprint density at radius 2 is 0.785 bits per heavy atom. The van der Waals surface area contributed by atoms with Crippen molar-refractivity contribution in [3.05, 3.63) is 260 Å². The van der Waals surface area contributed by atoms with Gasteiger partial charge in [0, 0.05) is 226 Å². The van der Waals surface area contributed by atoms with E-state index >= 15 is 0 Å². The first-order chi connectivity index (χ1) is 45.3. The van der Waals surface area contributed by atoms with Crippen molar-refractivity contribution in [3.63, 3.8) is 0 Å². The number of fused-ring (bicyclic) bond motifs is 12. The van der Waals surface area contributed by atoms with E-state index in [0.717, 1.165) is 147 Å².